The number of nitrogens with zero attached hydrogens (tertiary/aromatic N) is 2. The third kappa shape index (κ3) is 1.67. The van der Waals surface area contributed by atoms with E-state index in [1.807, 2.05) is 30.1 Å². The molecule has 2 aliphatic rings. The van der Waals surface area contributed by atoms with Crippen LogP contribution in [0.2, 0.25) is 0 Å². The van der Waals surface area contributed by atoms with E-state index >= 15 is 0 Å². The standard InChI is InChI=1S/C13H15N3O2/c1-8-4-2-5-9(14-8)12-11(13(17)18)10-6-3-7-16(10)15-12/h2,4-5,12,15H,3,6-7H2,1H3,(H,17,18). The lowest BCUT2D eigenvalue weighted by Crippen LogP contribution is -2.32. The predicted octanol–water partition coefficient (Wildman–Crippen LogP) is 1.38. The van der Waals surface area contributed by atoms with Crippen molar-refractivity contribution < 1.29 is 9.90 Å². The maximum atomic E-state index is 11.5. The molecule has 94 valence electrons. The average Bonchev–Trinajstić information content (AvgIpc) is 2.87. The molecule has 1 aromatic rings. The van der Waals surface area contributed by atoms with E-state index in [1.165, 1.54) is 0 Å². The van der Waals surface area contributed by atoms with Gasteiger partial charge in [0.15, 0.2) is 0 Å². The van der Waals surface area contributed by atoms with E-state index in [-0.39, 0.29) is 6.04 Å². The van der Waals surface area contributed by atoms with Crippen LogP contribution in [-0.4, -0.2) is 27.6 Å². The van der Waals surface area contributed by atoms with E-state index < -0.39 is 5.97 Å². The van der Waals surface area contributed by atoms with Gasteiger partial charge in [0.25, 0.3) is 0 Å². The molecule has 1 saturated heterocycles. The van der Waals surface area contributed by atoms with E-state index in [9.17, 15) is 9.90 Å². The number of aliphatic carboxylic acids is 1. The molecular weight excluding hydrogens is 230 g/mol. The summed E-state index contributed by atoms with van der Waals surface area (Å²) in [6.07, 6.45) is 1.84. The molecule has 0 spiro atoms. The van der Waals surface area contributed by atoms with Crippen LogP contribution in [0.3, 0.4) is 0 Å². The Morgan fingerprint density at radius 1 is 1.56 bits per heavy atom. The molecule has 1 fully saturated rings. The Morgan fingerprint density at radius 3 is 3.11 bits per heavy atom. The summed E-state index contributed by atoms with van der Waals surface area (Å²) in [4.78, 5) is 15.9. The van der Waals surface area contributed by atoms with Crippen molar-refractivity contribution in [3.63, 3.8) is 0 Å². The van der Waals surface area contributed by atoms with Gasteiger partial charge in [-0.15, -0.1) is 0 Å². The lowest BCUT2D eigenvalue weighted by atomic mass is 10.0. The van der Waals surface area contributed by atoms with Gasteiger partial charge in [-0.3, -0.25) is 4.98 Å². The second kappa shape index (κ2) is 4.10. The van der Waals surface area contributed by atoms with Crippen molar-refractivity contribution in [2.45, 2.75) is 25.8 Å². The Balaban J connectivity index is 2.03. The fraction of sp³-hybridized carbons (Fsp3) is 0.385. The minimum atomic E-state index is -0.852. The number of aromatic nitrogens is 1. The SMILES string of the molecule is Cc1cccc(C2NN3CCCC3=C2C(=O)O)n1. The van der Waals surface area contributed by atoms with Gasteiger partial charge in [-0.2, -0.15) is 0 Å². The van der Waals surface area contributed by atoms with Crippen LogP contribution < -0.4 is 5.43 Å². The first-order valence-electron chi connectivity index (χ1n) is 6.10. The van der Waals surface area contributed by atoms with Gasteiger partial charge in [0.05, 0.1) is 11.3 Å². The summed E-state index contributed by atoms with van der Waals surface area (Å²) in [5.41, 5.74) is 6.28. The number of allylic oxidation sites excluding steroid dienone is 1. The molecule has 18 heavy (non-hydrogen) atoms. The van der Waals surface area contributed by atoms with Gasteiger partial charge < -0.3 is 10.1 Å². The first kappa shape index (κ1) is 11.2. The summed E-state index contributed by atoms with van der Waals surface area (Å²) < 4.78 is 0. The second-order valence-electron chi connectivity index (χ2n) is 4.69. The maximum absolute atomic E-state index is 11.5. The van der Waals surface area contributed by atoms with Crippen LogP contribution in [0.25, 0.3) is 0 Å². The van der Waals surface area contributed by atoms with E-state index in [1.54, 1.807) is 0 Å². The zero-order chi connectivity index (χ0) is 12.7. The zero-order valence-electron chi connectivity index (χ0n) is 10.2. The van der Waals surface area contributed by atoms with Crippen LogP contribution in [0.4, 0.5) is 0 Å². The molecule has 0 aromatic carbocycles. The maximum Gasteiger partial charge on any atom is 0.335 e. The van der Waals surface area contributed by atoms with E-state index in [2.05, 4.69) is 10.4 Å². The lowest BCUT2D eigenvalue weighted by Gasteiger charge is -2.17. The highest BCUT2D eigenvalue weighted by molar-refractivity contribution is 5.89. The number of hydrogen-bond donors (Lipinski definition) is 2. The molecule has 1 aromatic heterocycles. The van der Waals surface area contributed by atoms with Gasteiger partial charge in [-0.05, 0) is 31.9 Å². The van der Waals surface area contributed by atoms with Crippen LogP contribution in [0.1, 0.15) is 30.3 Å². The molecule has 1 atom stereocenters. The van der Waals surface area contributed by atoms with Crippen LogP contribution in [0.5, 0.6) is 0 Å². The van der Waals surface area contributed by atoms with Crippen molar-refractivity contribution in [3.8, 4) is 0 Å². The largest absolute Gasteiger partial charge is 0.478 e. The number of carbonyl (C=O) groups is 1. The van der Waals surface area contributed by atoms with Crippen LogP contribution in [0.15, 0.2) is 29.5 Å². The molecule has 3 rings (SSSR count). The van der Waals surface area contributed by atoms with Gasteiger partial charge in [0.2, 0.25) is 0 Å². The van der Waals surface area contributed by atoms with E-state index in [4.69, 9.17) is 0 Å². The summed E-state index contributed by atoms with van der Waals surface area (Å²) in [6.45, 7) is 2.78. The molecule has 5 nitrogen and oxygen atoms in total. The number of carboxylic acid groups (broad SMARTS) is 1. The number of fused-ring (bicyclic) bond motifs is 1. The fourth-order valence-corrected chi connectivity index (χ4v) is 2.67. The van der Waals surface area contributed by atoms with E-state index in [0.29, 0.717) is 5.57 Å². The van der Waals surface area contributed by atoms with Gasteiger partial charge in [0, 0.05) is 17.9 Å². The van der Waals surface area contributed by atoms with Crippen molar-refractivity contribution in [1.29, 1.82) is 0 Å². The van der Waals surface area contributed by atoms with Crippen molar-refractivity contribution in [1.82, 2.24) is 15.4 Å². The highest BCUT2D eigenvalue weighted by Gasteiger charge is 2.38. The molecular formula is C13H15N3O2. The predicted molar refractivity (Wildman–Crippen MR) is 65.5 cm³/mol. The van der Waals surface area contributed by atoms with Gasteiger partial charge in [-0.1, -0.05) is 6.07 Å². The Morgan fingerprint density at radius 2 is 2.39 bits per heavy atom. The van der Waals surface area contributed by atoms with Gasteiger partial charge in [-0.25, -0.2) is 10.2 Å². The van der Waals surface area contributed by atoms with Crippen molar-refractivity contribution in [2.24, 2.45) is 0 Å². The summed E-state index contributed by atoms with van der Waals surface area (Å²) in [7, 11) is 0. The van der Waals surface area contributed by atoms with Crippen molar-refractivity contribution in [3.05, 3.63) is 40.9 Å². The topological polar surface area (TPSA) is 65.5 Å². The highest BCUT2D eigenvalue weighted by Crippen LogP contribution is 2.36. The summed E-state index contributed by atoms with van der Waals surface area (Å²) in [5.74, 6) is -0.852. The Kier molecular flexibility index (Phi) is 2.56. The monoisotopic (exact) mass is 245 g/mol. The Labute approximate surface area is 105 Å². The highest BCUT2D eigenvalue weighted by atomic mass is 16.4. The van der Waals surface area contributed by atoms with E-state index in [0.717, 1.165) is 36.5 Å². The van der Waals surface area contributed by atoms with Crippen molar-refractivity contribution in [2.75, 3.05) is 6.54 Å². The average molecular weight is 245 g/mol. The fourth-order valence-electron chi connectivity index (χ4n) is 2.67. The quantitative estimate of drug-likeness (QED) is 0.824. The Bertz CT molecular complexity index is 539. The summed E-state index contributed by atoms with van der Waals surface area (Å²) in [5, 5.41) is 11.4. The minimum Gasteiger partial charge on any atom is -0.478 e. The molecule has 2 N–H and O–H groups in total. The number of hydrazine groups is 1. The minimum absolute atomic E-state index is 0.322. The lowest BCUT2D eigenvalue weighted by molar-refractivity contribution is -0.133. The molecule has 0 aliphatic carbocycles. The summed E-state index contributed by atoms with van der Waals surface area (Å²) in [6, 6.07) is 5.37. The molecule has 3 heterocycles. The first-order chi connectivity index (χ1) is 8.66. The number of nitrogens with one attached hydrogen (secondary N) is 1. The van der Waals surface area contributed by atoms with Crippen molar-refractivity contribution >= 4 is 5.97 Å². The molecule has 0 amide bonds. The van der Waals surface area contributed by atoms with Gasteiger partial charge in [0.1, 0.15) is 6.04 Å². The zero-order valence-corrected chi connectivity index (χ0v) is 10.2. The molecule has 0 bridgehead atoms. The third-order valence-electron chi connectivity index (χ3n) is 3.44. The van der Waals surface area contributed by atoms with Crippen LogP contribution in [0, 0.1) is 6.92 Å². The first-order valence-corrected chi connectivity index (χ1v) is 6.10. The molecule has 0 saturated carbocycles. The number of aryl methyl sites for hydroxylation is 1. The Hall–Kier alpha value is -1.88. The molecule has 1 unspecified atom stereocenters. The van der Waals surface area contributed by atoms with Crippen LogP contribution in [-0.2, 0) is 4.79 Å². The second-order valence-corrected chi connectivity index (χ2v) is 4.69. The third-order valence-corrected chi connectivity index (χ3v) is 3.44. The number of carboxylic acids is 1. The number of pyridine rings is 1. The van der Waals surface area contributed by atoms with Gasteiger partial charge >= 0.3 is 5.97 Å². The summed E-state index contributed by atoms with van der Waals surface area (Å²) >= 11 is 0. The molecule has 0 radical (unpaired) electrons. The normalized spacial score (nSPS) is 22.5. The molecule has 5 heteroatoms. The number of hydrogen-bond acceptors (Lipinski definition) is 4. The number of rotatable bonds is 2. The molecule has 2 aliphatic heterocycles. The van der Waals surface area contributed by atoms with Crippen LogP contribution >= 0.6 is 0 Å². The smallest absolute Gasteiger partial charge is 0.335 e.